The maximum absolute atomic E-state index is 11.5. The Kier molecular flexibility index (Phi) is 6.00. The molecule has 4 heteroatoms. The van der Waals surface area contributed by atoms with E-state index in [0.717, 1.165) is 37.0 Å². The Hall–Kier alpha value is -1.06. The van der Waals surface area contributed by atoms with Gasteiger partial charge in [-0.05, 0) is 111 Å². The van der Waals surface area contributed by atoms with Crippen molar-refractivity contribution in [3.05, 3.63) is 0 Å². The molecule has 4 aliphatic carbocycles. The van der Waals surface area contributed by atoms with Crippen LogP contribution in [0, 0.1) is 46.3 Å². The molecule has 4 saturated carbocycles. The van der Waals surface area contributed by atoms with Crippen molar-refractivity contribution in [1.29, 1.82) is 0 Å². The number of esters is 1. The molecule has 0 aromatic rings. The summed E-state index contributed by atoms with van der Waals surface area (Å²) in [6.45, 7) is 8.96. The molecule has 170 valence electrons. The molecular weight excluding hydrogens is 376 g/mol. The van der Waals surface area contributed by atoms with Gasteiger partial charge in [0.1, 0.15) is 6.10 Å². The summed E-state index contributed by atoms with van der Waals surface area (Å²) in [5.41, 5.74) is 0.811. The maximum atomic E-state index is 11.5. The van der Waals surface area contributed by atoms with Crippen molar-refractivity contribution in [1.82, 2.24) is 0 Å². The molecular formula is C26H42O4. The van der Waals surface area contributed by atoms with E-state index in [1.807, 2.05) is 0 Å². The zero-order chi connectivity index (χ0) is 21.7. The van der Waals surface area contributed by atoms with Gasteiger partial charge in [-0.2, -0.15) is 0 Å². The molecule has 9 atom stereocenters. The lowest BCUT2D eigenvalue weighted by Crippen LogP contribution is -2.54. The summed E-state index contributed by atoms with van der Waals surface area (Å²) in [7, 11) is 0. The van der Waals surface area contributed by atoms with Crippen molar-refractivity contribution in [2.45, 2.75) is 104 Å². The first-order valence-corrected chi connectivity index (χ1v) is 12.5. The van der Waals surface area contributed by atoms with Crippen molar-refractivity contribution in [3.8, 4) is 0 Å². The van der Waals surface area contributed by atoms with Crippen molar-refractivity contribution in [2.75, 3.05) is 0 Å². The molecule has 4 aliphatic rings. The molecule has 0 aromatic heterocycles. The van der Waals surface area contributed by atoms with E-state index in [4.69, 9.17) is 9.84 Å². The third-order valence-corrected chi connectivity index (χ3v) is 10.5. The summed E-state index contributed by atoms with van der Waals surface area (Å²) in [6.07, 6.45) is 12.5. The van der Waals surface area contributed by atoms with E-state index in [0.29, 0.717) is 35.0 Å². The Morgan fingerprint density at radius 2 is 1.70 bits per heavy atom. The lowest BCUT2D eigenvalue weighted by molar-refractivity contribution is -0.160. The number of hydrogen-bond donors (Lipinski definition) is 1. The van der Waals surface area contributed by atoms with Crippen LogP contribution in [-0.4, -0.2) is 23.1 Å². The minimum atomic E-state index is -0.652. The standard InChI is InChI=1S/C26H42O4/c1-16(5-10-24(28)29)21-8-9-22-20-7-6-18-15-19(30-17(2)27)11-13-25(18,3)23(20)12-14-26(21,22)4/h16,18-23H,5-15H2,1-4H3,(H,28,29)/t16?,18?,19-,20?,21?,22?,23?,25+,26-/m1/s1. The summed E-state index contributed by atoms with van der Waals surface area (Å²) in [6, 6.07) is 0. The van der Waals surface area contributed by atoms with Crippen LogP contribution in [0.3, 0.4) is 0 Å². The first kappa shape index (κ1) is 22.1. The zero-order valence-corrected chi connectivity index (χ0v) is 19.5. The first-order chi connectivity index (χ1) is 14.1. The Morgan fingerprint density at radius 3 is 2.40 bits per heavy atom. The SMILES string of the molecule is CC(=O)O[C@@H]1CC[C@@]2(C)C(CCC3C4CCC(C(C)CCC(=O)O)[C@@]4(C)CCC32)C1. The normalized spacial score (nSPS) is 46.3. The van der Waals surface area contributed by atoms with E-state index in [1.54, 1.807) is 6.92 Å². The molecule has 0 amide bonds. The smallest absolute Gasteiger partial charge is 0.303 e. The third-order valence-electron chi connectivity index (χ3n) is 10.5. The summed E-state index contributed by atoms with van der Waals surface area (Å²) >= 11 is 0. The number of carboxylic acid groups (broad SMARTS) is 1. The minimum absolute atomic E-state index is 0.125. The quantitative estimate of drug-likeness (QED) is 0.550. The summed E-state index contributed by atoms with van der Waals surface area (Å²) < 4.78 is 5.61. The number of hydrogen-bond acceptors (Lipinski definition) is 3. The Labute approximate surface area is 182 Å². The fourth-order valence-electron chi connectivity index (χ4n) is 9.09. The zero-order valence-electron chi connectivity index (χ0n) is 19.5. The summed E-state index contributed by atoms with van der Waals surface area (Å²) in [5.74, 6) is 3.60. The second kappa shape index (κ2) is 8.13. The van der Waals surface area contributed by atoms with E-state index in [1.165, 1.54) is 44.9 Å². The van der Waals surface area contributed by atoms with Crippen LogP contribution in [0.5, 0.6) is 0 Å². The Balaban J connectivity index is 1.47. The van der Waals surface area contributed by atoms with Crippen LogP contribution in [0.2, 0.25) is 0 Å². The molecule has 4 rings (SSSR count). The van der Waals surface area contributed by atoms with Gasteiger partial charge in [0.25, 0.3) is 0 Å². The minimum Gasteiger partial charge on any atom is -0.481 e. The Morgan fingerprint density at radius 1 is 1.00 bits per heavy atom. The van der Waals surface area contributed by atoms with Gasteiger partial charge in [0.05, 0.1) is 0 Å². The van der Waals surface area contributed by atoms with Gasteiger partial charge >= 0.3 is 11.9 Å². The van der Waals surface area contributed by atoms with E-state index in [-0.39, 0.29) is 12.1 Å². The molecule has 0 radical (unpaired) electrons. The van der Waals surface area contributed by atoms with Gasteiger partial charge in [0.2, 0.25) is 0 Å². The van der Waals surface area contributed by atoms with Crippen molar-refractivity contribution in [2.24, 2.45) is 46.3 Å². The van der Waals surface area contributed by atoms with Crippen molar-refractivity contribution < 1.29 is 19.4 Å². The second-order valence-corrected chi connectivity index (χ2v) is 11.8. The van der Waals surface area contributed by atoms with E-state index >= 15 is 0 Å². The van der Waals surface area contributed by atoms with Gasteiger partial charge in [-0.3, -0.25) is 9.59 Å². The van der Waals surface area contributed by atoms with Crippen LogP contribution in [0.25, 0.3) is 0 Å². The molecule has 4 nitrogen and oxygen atoms in total. The first-order valence-electron chi connectivity index (χ1n) is 12.5. The van der Waals surface area contributed by atoms with Crippen LogP contribution in [0.4, 0.5) is 0 Å². The van der Waals surface area contributed by atoms with Crippen LogP contribution in [0.15, 0.2) is 0 Å². The third kappa shape index (κ3) is 3.71. The van der Waals surface area contributed by atoms with Crippen LogP contribution >= 0.6 is 0 Å². The fraction of sp³-hybridized carbons (Fsp3) is 0.923. The number of carboxylic acids is 1. The highest BCUT2D eigenvalue weighted by molar-refractivity contribution is 5.66. The van der Waals surface area contributed by atoms with Gasteiger partial charge in [-0.25, -0.2) is 0 Å². The molecule has 0 aromatic carbocycles. The highest BCUT2D eigenvalue weighted by Crippen LogP contribution is 2.68. The van der Waals surface area contributed by atoms with Crippen LogP contribution in [0.1, 0.15) is 98.3 Å². The second-order valence-electron chi connectivity index (χ2n) is 11.8. The van der Waals surface area contributed by atoms with E-state index in [2.05, 4.69) is 20.8 Å². The number of carbonyl (C=O) groups is 2. The molecule has 4 fully saturated rings. The van der Waals surface area contributed by atoms with E-state index in [9.17, 15) is 9.59 Å². The highest BCUT2D eigenvalue weighted by Gasteiger charge is 2.60. The van der Waals surface area contributed by atoms with Crippen LogP contribution < -0.4 is 0 Å². The molecule has 0 spiro atoms. The molecule has 30 heavy (non-hydrogen) atoms. The predicted octanol–water partition coefficient (Wildman–Crippen LogP) is 6.08. The molecule has 0 aliphatic heterocycles. The lowest BCUT2D eigenvalue weighted by atomic mass is 9.44. The predicted molar refractivity (Wildman–Crippen MR) is 117 cm³/mol. The summed E-state index contributed by atoms with van der Waals surface area (Å²) in [4.78, 5) is 22.5. The number of fused-ring (bicyclic) bond motifs is 5. The van der Waals surface area contributed by atoms with Crippen molar-refractivity contribution >= 4 is 11.9 Å². The molecule has 6 unspecified atom stereocenters. The summed E-state index contributed by atoms with van der Waals surface area (Å²) in [5, 5.41) is 9.13. The molecule has 0 saturated heterocycles. The van der Waals surface area contributed by atoms with Gasteiger partial charge in [0.15, 0.2) is 0 Å². The Bertz CT molecular complexity index is 674. The van der Waals surface area contributed by atoms with Gasteiger partial charge < -0.3 is 9.84 Å². The fourth-order valence-corrected chi connectivity index (χ4v) is 9.09. The number of ether oxygens (including phenoxy) is 1. The number of carbonyl (C=O) groups excluding carboxylic acids is 1. The van der Waals surface area contributed by atoms with Gasteiger partial charge in [-0.15, -0.1) is 0 Å². The molecule has 0 heterocycles. The molecule has 1 N–H and O–H groups in total. The lowest BCUT2D eigenvalue weighted by Gasteiger charge is -2.61. The monoisotopic (exact) mass is 418 g/mol. The van der Waals surface area contributed by atoms with Gasteiger partial charge in [0, 0.05) is 13.3 Å². The topological polar surface area (TPSA) is 63.6 Å². The number of aliphatic carboxylic acids is 1. The largest absolute Gasteiger partial charge is 0.481 e. The molecule has 0 bridgehead atoms. The average molecular weight is 419 g/mol. The van der Waals surface area contributed by atoms with E-state index < -0.39 is 5.97 Å². The van der Waals surface area contributed by atoms with Crippen molar-refractivity contribution in [3.63, 3.8) is 0 Å². The number of rotatable bonds is 5. The maximum Gasteiger partial charge on any atom is 0.303 e. The highest BCUT2D eigenvalue weighted by atomic mass is 16.5. The van der Waals surface area contributed by atoms with Gasteiger partial charge in [-0.1, -0.05) is 20.8 Å². The average Bonchev–Trinajstić information content (AvgIpc) is 3.03. The van der Waals surface area contributed by atoms with Crippen LogP contribution in [-0.2, 0) is 14.3 Å².